The van der Waals surface area contributed by atoms with Crippen LogP contribution in [0.15, 0.2) is 69.6 Å². The number of hydrogen-bond acceptors (Lipinski definition) is 7. The molecule has 0 unspecified atom stereocenters. The molecule has 0 aliphatic carbocycles. The summed E-state index contributed by atoms with van der Waals surface area (Å²) in [5.41, 5.74) is 1.39. The quantitative estimate of drug-likeness (QED) is 0.205. The van der Waals surface area contributed by atoms with Crippen molar-refractivity contribution in [2.45, 2.75) is 0 Å². The fourth-order valence-corrected chi connectivity index (χ4v) is 4.60. The third-order valence-electron chi connectivity index (χ3n) is 3.87. The standard InChI is InChI=1S/C19H11BrN4O3S2/c20-13-5-8-15-17(10-13)29-19(22-15)23(18(25)16-2-1-9-28-16)21-11-12-3-6-14(7-4-12)24(26)27/h1-11H/b21-11+. The van der Waals surface area contributed by atoms with Gasteiger partial charge in [0.05, 0.1) is 26.2 Å². The van der Waals surface area contributed by atoms with Crippen LogP contribution in [0.3, 0.4) is 0 Å². The summed E-state index contributed by atoms with van der Waals surface area (Å²) in [6.45, 7) is 0. The Morgan fingerprint density at radius 1 is 1.21 bits per heavy atom. The lowest BCUT2D eigenvalue weighted by Crippen LogP contribution is -2.24. The molecule has 0 aliphatic heterocycles. The van der Waals surface area contributed by atoms with Crippen molar-refractivity contribution in [2.75, 3.05) is 5.01 Å². The minimum Gasteiger partial charge on any atom is -0.266 e. The molecule has 0 N–H and O–H groups in total. The average molecular weight is 487 g/mol. The van der Waals surface area contributed by atoms with Crippen LogP contribution >= 0.6 is 38.6 Å². The summed E-state index contributed by atoms with van der Waals surface area (Å²) in [6.07, 6.45) is 1.48. The molecule has 10 heteroatoms. The molecule has 0 aliphatic rings. The van der Waals surface area contributed by atoms with Gasteiger partial charge in [-0.25, -0.2) is 4.98 Å². The van der Waals surface area contributed by atoms with Crippen molar-refractivity contribution in [1.29, 1.82) is 0 Å². The van der Waals surface area contributed by atoms with E-state index < -0.39 is 4.92 Å². The highest BCUT2D eigenvalue weighted by molar-refractivity contribution is 9.10. The summed E-state index contributed by atoms with van der Waals surface area (Å²) in [7, 11) is 0. The Bertz CT molecular complexity index is 1220. The number of nitro benzene ring substituents is 1. The van der Waals surface area contributed by atoms with Gasteiger partial charge in [0.1, 0.15) is 0 Å². The van der Waals surface area contributed by atoms with Gasteiger partial charge in [-0.1, -0.05) is 33.3 Å². The number of carbonyl (C=O) groups is 1. The Labute approximate surface area is 181 Å². The van der Waals surface area contributed by atoms with Crippen molar-refractivity contribution < 1.29 is 9.72 Å². The number of carbonyl (C=O) groups excluding carboxylic acids is 1. The van der Waals surface area contributed by atoms with Gasteiger partial charge in [-0.3, -0.25) is 14.9 Å². The van der Waals surface area contributed by atoms with Gasteiger partial charge in [0.25, 0.3) is 11.6 Å². The van der Waals surface area contributed by atoms with Gasteiger partial charge in [-0.05, 0) is 47.3 Å². The number of halogens is 1. The van der Waals surface area contributed by atoms with E-state index in [0.29, 0.717) is 15.6 Å². The Kier molecular flexibility index (Phi) is 5.47. The first-order valence-electron chi connectivity index (χ1n) is 8.24. The molecular weight excluding hydrogens is 476 g/mol. The molecule has 1 amide bonds. The van der Waals surface area contributed by atoms with E-state index in [4.69, 9.17) is 0 Å². The molecule has 0 spiro atoms. The van der Waals surface area contributed by atoms with Crippen LogP contribution in [0.5, 0.6) is 0 Å². The minimum atomic E-state index is -0.465. The smallest absolute Gasteiger partial charge is 0.266 e. The van der Waals surface area contributed by atoms with E-state index in [1.807, 2.05) is 23.6 Å². The number of aromatic nitrogens is 1. The molecule has 144 valence electrons. The summed E-state index contributed by atoms with van der Waals surface area (Å²) in [5.74, 6) is -0.295. The van der Waals surface area contributed by atoms with Gasteiger partial charge in [-0.15, -0.1) is 11.3 Å². The molecule has 0 atom stereocenters. The van der Waals surface area contributed by atoms with E-state index in [2.05, 4.69) is 26.0 Å². The molecule has 0 radical (unpaired) electrons. The maximum Gasteiger partial charge on any atom is 0.290 e. The van der Waals surface area contributed by atoms with Crippen LogP contribution in [-0.2, 0) is 0 Å². The molecule has 0 fully saturated rings. The summed E-state index contributed by atoms with van der Waals surface area (Å²) in [5, 5.41) is 18.7. The van der Waals surface area contributed by atoms with E-state index in [0.717, 1.165) is 14.7 Å². The molecular formula is C19H11BrN4O3S2. The van der Waals surface area contributed by atoms with Crippen LogP contribution in [0.1, 0.15) is 15.2 Å². The molecule has 2 aromatic heterocycles. The number of hydrogen-bond donors (Lipinski definition) is 0. The SMILES string of the molecule is O=C(c1cccs1)N(/N=C/c1ccc([N+](=O)[O-])cc1)c1nc2ccc(Br)cc2s1. The van der Waals surface area contributed by atoms with Crippen molar-refractivity contribution in [1.82, 2.24) is 4.98 Å². The van der Waals surface area contributed by atoms with Crippen molar-refractivity contribution in [3.05, 3.63) is 85.0 Å². The number of non-ortho nitro benzene ring substituents is 1. The van der Waals surface area contributed by atoms with Gasteiger partial charge >= 0.3 is 0 Å². The third-order valence-corrected chi connectivity index (χ3v) is 6.22. The normalized spacial score (nSPS) is 11.2. The number of fused-ring (bicyclic) bond motifs is 1. The zero-order valence-corrected chi connectivity index (χ0v) is 17.8. The minimum absolute atomic E-state index is 0.00887. The predicted molar refractivity (Wildman–Crippen MR) is 119 cm³/mol. The predicted octanol–water partition coefficient (Wildman–Crippen LogP) is 5.71. The largest absolute Gasteiger partial charge is 0.290 e. The van der Waals surface area contributed by atoms with Crippen LogP contribution in [0, 0.1) is 10.1 Å². The Hall–Kier alpha value is -2.95. The maximum atomic E-state index is 13.0. The Morgan fingerprint density at radius 3 is 2.69 bits per heavy atom. The lowest BCUT2D eigenvalue weighted by molar-refractivity contribution is -0.384. The van der Waals surface area contributed by atoms with E-state index >= 15 is 0 Å². The highest BCUT2D eigenvalue weighted by atomic mass is 79.9. The molecule has 4 rings (SSSR count). The second kappa shape index (κ2) is 8.19. The number of nitrogens with zero attached hydrogens (tertiary/aromatic N) is 4. The fourth-order valence-electron chi connectivity index (χ4n) is 2.48. The highest BCUT2D eigenvalue weighted by Crippen LogP contribution is 2.32. The number of benzene rings is 2. The molecule has 2 heterocycles. The molecule has 0 saturated heterocycles. The molecule has 0 bridgehead atoms. The van der Waals surface area contributed by atoms with Crippen molar-refractivity contribution in [3.63, 3.8) is 0 Å². The van der Waals surface area contributed by atoms with Crippen molar-refractivity contribution in [2.24, 2.45) is 5.10 Å². The molecule has 29 heavy (non-hydrogen) atoms. The van der Waals surface area contributed by atoms with E-state index in [-0.39, 0.29) is 11.6 Å². The van der Waals surface area contributed by atoms with Crippen molar-refractivity contribution >= 4 is 71.8 Å². The first-order valence-corrected chi connectivity index (χ1v) is 10.7. The second-order valence-electron chi connectivity index (χ2n) is 5.80. The average Bonchev–Trinajstić information content (AvgIpc) is 3.38. The van der Waals surface area contributed by atoms with Crippen LogP contribution in [0.25, 0.3) is 10.2 Å². The first-order chi connectivity index (χ1) is 14.0. The molecule has 2 aromatic carbocycles. The Morgan fingerprint density at radius 2 is 2.00 bits per heavy atom. The Balaban J connectivity index is 1.71. The van der Waals surface area contributed by atoms with Gasteiger partial charge in [-0.2, -0.15) is 10.1 Å². The van der Waals surface area contributed by atoms with Crippen LogP contribution < -0.4 is 5.01 Å². The topological polar surface area (TPSA) is 88.7 Å². The summed E-state index contributed by atoms with van der Waals surface area (Å²) in [6, 6.07) is 15.1. The summed E-state index contributed by atoms with van der Waals surface area (Å²) < 4.78 is 1.84. The van der Waals surface area contributed by atoms with Crippen LogP contribution in [0.2, 0.25) is 0 Å². The van der Waals surface area contributed by atoms with Crippen LogP contribution in [0.4, 0.5) is 10.8 Å². The monoisotopic (exact) mass is 486 g/mol. The van der Waals surface area contributed by atoms with Gasteiger partial charge < -0.3 is 0 Å². The number of anilines is 1. The third kappa shape index (κ3) is 4.24. The molecule has 0 saturated carbocycles. The number of amides is 1. The van der Waals surface area contributed by atoms with Gasteiger partial charge in [0.15, 0.2) is 0 Å². The summed E-state index contributed by atoms with van der Waals surface area (Å²) in [4.78, 5) is 28.4. The van der Waals surface area contributed by atoms with Gasteiger partial charge in [0.2, 0.25) is 5.13 Å². The highest BCUT2D eigenvalue weighted by Gasteiger charge is 2.21. The second-order valence-corrected chi connectivity index (χ2v) is 8.67. The fraction of sp³-hybridized carbons (Fsp3) is 0. The number of rotatable bonds is 5. The maximum absolute atomic E-state index is 13.0. The lowest BCUT2D eigenvalue weighted by atomic mass is 10.2. The van der Waals surface area contributed by atoms with E-state index in [1.54, 1.807) is 24.3 Å². The number of hydrazone groups is 1. The van der Waals surface area contributed by atoms with E-state index in [9.17, 15) is 14.9 Å². The summed E-state index contributed by atoms with van der Waals surface area (Å²) >= 11 is 6.11. The lowest BCUT2D eigenvalue weighted by Gasteiger charge is -2.12. The zero-order valence-electron chi connectivity index (χ0n) is 14.6. The van der Waals surface area contributed by atoms with E-state index in [1.165, 1.54) is 46.0 Å². The number of nitro groups is 1. The first kappa shape index (κ1) is 19.4. The molecule has 4 aromatic rings. The van der Waals surface area contributed by atoms with Crippen LogP contribution in [-0.4, -0.2) is 22.0 Å². The zero-order chi connectivity index (χ0) is 20.4. The number of thiazole rings is 1. The van der Waals surface area contributed by atoms with Crippen molar-refractivity contribution in [3.8, 4) is 0 Å². The number of thiophene rings is 1. The van der Waals surface area contributed by atoms with Gasteiger partial charge in [0, 0.05) is 16.6 Å². The molecule has 7 nitrogen and oxygen atoms in total.